The lowest BCUT2D eigenvalue weighted by Gasteiger charge is -2.37. The first-order chi connectivity index (χ1) is 5.57. The third kappa shape index (κ3) is 1.58. The van der Waals surface area contributed by atoms with Crippen molar-refractivity contribution in [1.29, 1.82) is 0 Å². The largest absolute Gasteiger partial charge is 0.394 e. The van der Waals surface area contributed by atoms with Crippen molar-refractivity contribution >= 4 is 0 Å². The van der Waals surface area contributed by atoms with Gasteiger partial charge in [0.1, 0.15) is 24.4 Å². The summed E-state index contributed by atoms with van der Waals surface area (Å²) in [5, 5.41) is 44.7. The lowest BCUT2D eigenvalue weighted by Crippen LogP contribution is -2.58. The van der Waals surface area contributed by atoms with Crippen LogP contribution in [0.3, 0.4) is 0 Å². The molecule has 0 aromatic rings. The maximum Gasteiger partial charge on any atom is 0.184 e. The second-order valence-electron chi connectivity index (χ2n) is 2.72. The fourth-order valence-corrected chi connectivity index (χ4v) is 1.08. The molecule has 1 fully saturated rings. The SMILES string of the molecule is O[14CH2][C@H]1O[C@@H](O)[C@H](O)[C@@H](O)[C@@H]1O. The van der Waals surface area contributed by atoms with Gasteiger partial charge < -0.3 is 30.3 Å². The highest BCUT2D eigenvalue weighted by molar-refractivity contribution is 4.87. The van der Waals surface area contributed by atoms with Crippen molar-refractivity contribution in [3.8, 4) is 0 Å². The van der Waals surface area contributed by atoms with E-state index in [-0.39, 0.29) is 0 Å². The number of hydrogen-bond donors (Lipinski definition) is 5. The van der Waals surface area contributed by atoms with Crippen molar-refractivity contribution in [2.45, 2.75) is 30.7 Å². The second kappa shape index (κ2) is 3.65. The predicted molar refractivity (Wildman–Crippen MR) is 36.0 cm³/mol. The Hall–Kier alpha value is -0.240. The fraction of sp³-hybridized carbons (Fsp3) is 1.00. The van der Waals surface area contributed by atoms with E-state index in [1.807, 2.05) is 0 Å². The summed E-state index contributed by atoms with van der Waals surface area (Å²) in [6.07, 6.45) is -7.04. The highest BCUT2D eigenvalue weighted by atomic mass is 16.7. The van der Waals surface area contributed by atoms with Crippen molar-refractivity contribution < 1.29 is 30.3 Å². The zero-order chi connectivity index (χ0) is 9.30. The highest BCUT2D eigenvalue weighted by Gasteiger charge is 2.42. The van der Waals surface area contributed by atoms with Crippen LogP contribution < -0.4 is 0 Å². The molecule has 0 radical (unpaired) electrons. The van der Waals surface area contributed by atoms with E-state index in [0.717, 1.165) is 0 Å². The van der Waals surface area contributed by atoms with E-state index in [2.05, 4.69) is 4.74 Å². The number of ether oxygens (including phenoxy) is 1. The van der Waals surface area contributed by atoms with Crippen molar-refractivity contribution in [2.75, 3.05) is 6.61 Å². The van der Waals surface area contributed by atoms with Crippen LogP contribution in [0, 0.1) is 0 Å². The first kappa shape index (κ1) is 9.85. The summed E-state index contributed by atoms with van der Waals surface area (Å²) < 4.78 is 4.58. The molecule has 0 aliphatic carbocycles. The van der Waals surface area contributed by atoms with Gasteiger partial charge >= 0.3 is 0 Å². The molecule has 0 aromatic heterocycles. The number of hydrogen-bond acceptors (Lipinski definition) is 6. The molecule has 0 spiro atoms. The van der Waals surface area contributed by atoms with E-state index in [9.17, 15) is 0 Å². The second-order valence-corrected chi connectivity index (χ2v) is 2.72. The van der Waals surface area contributed by atoms with Crippen molar-refractivity contribution in [3.05, 3.63) is 0 Å². The Bertz CT molecular complexity index is 146. The first-order valence-electron chi connectivity index (χ1n) is 3.56. The summed E-state index contributed by atoms with van der Waals surface area (Å²) in [6.45, 7) is -0.526. The highest BCUT2D eigenvalue weighted by Crippen LogP contribution is 2.18. The van der Waals surface area contributed by atoms with Crippen LogP contribution in [0.15, 0.2) is 0 Å². The van der Waals surface area contributed by atoms with E-state index in [1.165, 1.54) is 0 Å². The van der Waals surface area contributed by atoms with Crippen molar-refractivity contribution in [2.24, 2.45) is 0 Å². The predicted octanol–water partition coefficient (Wildman–Crippen LogP) is -3.22. The summed E-state index contributed by atoms with van der Waals surface area (Å²) in [7, 11) is 0. The minimum atomic E-state index is -1.57. The standard InChI is InChI=1S/C6H12O6/c7-1-2-3(8)4(9)5(10)6(11)12-2/h2-11H,1H2/t2-,3-,4+,5-,6-/m1/s1/i1+2. The zero-order valence-electron chi connectivity index (χ0n) is 6.24. The van der Waals surface area contributed by atoms with Gasteiger partial charge in [-0.1, -0.05) is 0 Å². The molecule has 72 valence electrons. The van der Waals surface area contributed by atoms with Crippen LogP contribution in [-0.2, 0) is 4.74 Å². The molecule has 1 aliphatic heterocycles. The molecule has 0 bridgehead atoms. The lowest BCUT2D eigenvalue weighted by molar-refractivity contribution is -0.286. The third-order valence-corrected chi connectivity index (χ3v) is 1.87. The van der Waals surface area contributed by atoms with Gasteiger partial charge in [-0.25, -0.2) is 0 Å². The van der Waals surface area contributed by atoms with Crippen LogP contribution in [0.2, 0.25) is 0 Å². The topological polar surface area (TPSA) is 110 Å². The van der Waals surface area contributed by atoms with Gasteiger partial charge in [0.05, 0.1) is 6.61 Å². The Labute approximate surface area is 68.6 Å². The first-order valence-corrected chi connectivity index (χ1v) is 3.56. The molecule has 5 atom stereocenters. The quantitative estimate of drug-likeness (QED) is 0.292. The van der Waals surface area contributed by atoms with E-state index in [0.29, 0.717) is 0 Å². The van der Waals surface area contributed by atoms with Gasteiger partial charge in [0.2, 0.25) is 0 Å². The molecule has 12 heavy (non-hydrogen) atoms. The fourth-order valence-electron chi connectivity index (χ4n) is 1.08. The number of aliphatic hydroxyl groups is 5. The summed E-state index contributed by atoms with van der Waals surface area (Å²) in [5.41, 5.74) is 0. The Morgan fingerprint density at radius 1 is 0.917 bits per heavy atom. The Morgan fingerprint density at radius 3 is 2.00 bits per heavy atom. The molecular formula is C6H12O6. The van der Waals surface area contributed by atoms with Crippen molar-refractivity contribution in [3.63, 3.8) is 0 Å². The van der Waals surface area contributed by atoms with Gasteiger partial charge in [0.15, 0.2) is 6.29 Å². The lowest BCUT2D eigenvalue weighted by atomic mass is 10.0. The third-order valence-electron chi connectivity index (χ3n) is 1.87. The molecule has 6 nitrogen and oxygen atoms in total. The van der Waals surface area contributed by atoms with Crippen LogP contribution in [0.25, 0.3) is 0 Å². The molecule has 5 N–H and O–H groups in total. The molecule has 0 amide bonds. The van der Waals surface area contributed by atoms with E-state index in [1.54, 1.807) is 0 Å². The maximum atomic E-state index is 9.12. The van der Waals surface area contributed by atoms with Gasteiger partial charge in [-0.05, 0) is 0 Å². The van der Waals surface area contributed by atoms with Crippen LogP contribution in [-0.4, -0.2) is 62.8 Å². The summed E-state index contributed by atoms with van der Waals surface area (Å²) in [6, 6.07) is 0. The smallest absolute Gasteiger partial charge is 0.184 e. The summed E-state index contributed by atoms with van der Waals surface area (Å²) in [5.74, 6) is 0. The Balaban J connectivity index is 2.63. The van der Waals surface area contributed by atoms with Crippen molar-refractivity contribution in [1.82, 2.24) is 0 Å². The molecule has 1 saturated heterocycles. The molecule has 0 saturated carbocycles. The molecule has 0 aromatic carbocycles. The zero-order valence-corrected chi connectivity index (χ0v) is 6.24. The van der Waals surface area contributed by atoms with E-state index in [4.69, 9.17) is 25.5 Å². The van der Waals surface area contributed by atoms with Gasteiger partial charge in [-0.2, -0.15) is 0 Å². The molecule has 0 unspecified atom stereocenters. The van der Waals surface area contributed by atoms with Gasteiger partial charge in [-0.3, -0.25) is 0 Å². The van der Waals surface area contributed by atoms with Crippen LogP contribution in [0.4, 0.5) is 0 Å². The molecular weight excluding hydrogens is 170 g/mol. The molecule has 1 heterocycles. The van der Waals surface area contributed by atoms with Crippen LogP contribution in [0.1, 0.15) is 0 Å². The minimum absolute atomic E-state index is 0.526. The minimum Gasteiger partial charge on any atom is -0.394 e. The van der Waals surface area contributed by atoms with Gasteiger partial charge in [-0.15, -0.1) is 0 Å². The Kier molecular flexibility index (Phi) is 2.99. The average molecular weight is 182 g/mol. The number of rotatable bonds is 1. The Morgan fingerprint density at radius 2 is 1.50 bits per heavy atom. The number of aliphatic hydroxyl groups excluding tert-OH is 5. The van der Waals surface area contributed by atoms with E-state index < -0.39 is 37.3 Å². The molecule has 1 aliphatic rings. The summed E-state index contributed by atoms with van der Waals surface area (Å²) >= 11 is 0. The maximum absolute atomic E-state index is 9.12. The van der Waals surface area contributed by atoms with E-state index >= 15 is 0 Å². The normalized spacial score (nSPS) is 49.2. The molecule has 6 heteroatoms. The van der Waals surface area contributed by atoms with Crippen LogP contribution >= 0.6 is 0 Å². The summed E-state index contributed by atoms with van der Waals surface area (Å²) in [4.78, 5) is 0. The monoisotopic (exact) mass is 182 g/mol. The average Bonchev–Trinajstić information content (AvgIpc) is 2.08. The van der Waals surface area contributed by atoms with Gasteiger partial charge in [0.25, 0.3) is 0 Å². The van der Waals surface area contributed by atoms with Crippen LogP contribution in [0.5, 0.6) is 0 Å². The molecule has 1 rings (SSSR count). The van der Waals surface area contributed by atoms with Gasteiger partial charge in [0, 0.05) is 0 Å².